The number of anilines is 1. The number of carbonyl (C=O) groups excluding carboxylic acids is 1. The maximum absolute atomic E-state index is 13.1. The average molecular weight is 491 g/mol. The number of nitrogens with zero attached hydrogens (tertiary/aromatic N) is 5. The minimum atomic E-state index is -5.63. The molecule has 1 aromatic carbocycles. The number of benzene rings is 1. The molecule has 2 heterocycles. The van der Waals surface area contributed by atoms with E-state index in [0.717, 1.165) is 6.07 Å². The number of aromatic nitrogens is 4. The van der Waals surface area contributed by atoms with Gasteiger partial charge in [0.05, 0.1) is 17.0 Å². The third-order valence-corrected chi connectivity index (χ3v) is 6.51. The number of hydrogen-bond donors (Lipinski definition) is 2. The minimum absolute atomic E-state index is 0.0970. The number of alkyl halides is 3. The summed E-state index contributed by atoms with van der Waals surface area (Å²) in [5.74, 6) is -0.599. The molecule has 0 saturated heterocycles. The van der Waals surface area contributed by atoms with Gasteiger partial charge >= 0.3 is 5.51 Å². The quantitative estimate of drug-likeness (QED) is 0.531. The van der Waals surface area contributed by atoms with Gasteiger partial charge in [-0.1, -0.05) is 0 Å². The highest BCUT2D eigenvalue weighted by atomic mass is 32.2. The Morgan fingerprint density at radius 3 is 2.59 bits per heavy atom. The van der Waals surface area contributed by atoms with Crippen LogP contribution in [0.5, 0.6) is 0 Å². The number of hydrogen-bond acceptors (Lipinski definition) is 8. The summed E-state index contributed by atoms with van der Waals surface area (Å²) in [5, 5.41) is 15.4. The molecule has 1 fully saturated rings. The van der Waals surface area contributed by atoms with Gasteiger partial charge in [-0.2, -0.15) is 28.1 Å². The lowest BCUT2D eigenvalue weighted by molar-refractivity contribution is -0.0436. The number of nitrogens with one attached hydrogen (secondary N) is 1. The van der Waals surface area contributed by atoms with Crippen molar-refractivity contribution >= 4 is 21.7 Å². The summed E-state index contributed by atoms with van der Waals surface area (Å²) >= 11 is 0. The summed E-state index contributed by atoms with van der Waals surface area (Å²) in [6.07, 6.45) is 2.69. The molecule has 0 radical (unpaired) electrons. The fourth-order valence-electron chi connectivity index (χ4n) is 3.19. The summed E-state index contributed by atoms with van der Waals surface area (Å²) in [6, 6.07) is 7.95. The smallest absolute Gasteiger partial charge is 0.366 e. The SMILES string of the molecule is N#Cc1ccc(-n2nc(N)nc2CNC(=O)c2cc(C3CC3)cc(S(=O)(=O)C(F)(F)F)c2)nc1. The fraction of sp³-hybridized carbons (Fsp3) is 0.250. The van der Waals surface area contributed by atoms with Gasteiger partial charge in [0.15, 0.2) is 11.6 Å². The summed E-state index contributed by atoms with van der Waals surface area (Å²) in [4.78, 5) is 19.9. The van der Waals surface area contributed by atoms with Crippen LogP contribution in [0.1, 0.15) is 46.1 Å². The lowest BCUT2D eigenvalue weighted by Crippen LogP contribution is -2.27. The van der Waals surface area contributed by atoms with Crippen molar-refractivity contribution in [3.05, 3.63) is 59.0 Å². The van der Waals surface area contributed by atoms with Crippen LogP contribution in [0.4, 0.5) is 19.1 Å². The molecule has 0 aliphatic heterocycles. The van der Waals surface area contributed by atoms with Gasteiger partial charge in [0.1, 0.15) is 6.07 Å². The second-order valence-electron chi connectivity index (χ2n) is 7.51. The van der Waals surface area contributed by atoms with E-state index in [4.69, 9.17) is 11.0 Å². The molecule has 1 amide bonds. The van der Waals surface area contributed by atoms with Crippen LogP contribution in [0, 0.1) is 11.3 Å². The van der Waals surface area contributed by atoms with Gasteiger partial charge in [0.2, 0.25) is 5.95 Å². The number of sulfone groups is 1. The van der Waals surface area contributed by atoms with Crippen molar-refractivity contribution in [2.75, 3.05) is 5.73 Å². The molecule has 0 atom stereocenters. The van der Waals surface area contributed by atoms with Gasteiger partial charge in [0, 0.05) is 11.8 Å². The molecule has 1 aliphatic rings. The van der Waals surface area contributed by atoms with Crippen molar-refractivity contribution in [2.24, 2.45) is 0 Å². The number of pyridine rings is 1. The molecule has 0 unspecified atom stereocenters. The van der Waals surface area contributed by atoms with E-state index in [1.165, 1.54) is 29.1 Å². The molecule has 0 spiro atoms. The standard InChI is InChI=1S/C20H16F3N7O3S/c21-20(22,23)34(32,33)15-6-13(12-2-3-12)5-14(7-15)18(31)27-10-17-28-19(25)29-30(17)16-4-1-11(8-24)9-26-16/h1,4-7,9,12H,2-3,10H2,(H2,25,29)(H,27,31). The second-order valence-corrected chi connectivity index (χ2v) is 9.45. The number of carbonyl (C=O) groups is 1. The molecule has 176 valence electrons. The van der Waals surface area contributed by atoms with Gasteiger partial charge in [-0.3, -0.25) is 4.79 Å². The monoisotopic (exact) mass is 491 g/mol. The lowest BCUT2D eigenvalue weighted by Gasteiger charge is -2.12. The molecule has 14 heteroatoms. The number of nitrogen functional groups attached to an aromatic ring is 1. The Hall–Kier alpha value is -3.99. The number of nitriles is 1. The van der Waals surface area contributed by atoms with Crippen molar-refractivity contribution in [3.8, 4) is 11.9 Å². The zero-order valence-corrected chi connectivity index (χ0v) is 18.1. The van der Waals surface area contributed by atoms with E-state index in [2.05, 4.69) is 20.4 Å². The molecule has 3 aromatic rings. The van der Waals surface area contributed by atoms with E-state index < -0.39 is 26.1 Å². The minimum Gasteiger partial charge on any atom is -0.366 e. The molecule has 34 heavy (non-hydrogen) atoms. The van der Waals surface area contributed by atoms with Gasteiger partial charge < -0.3 is 11.1 Å². The van der Waals surface area contributed by atoms with E-state index in [1.54, 1.807) is 0 Å². The van der Waals surface area contributed by atoms with E-state index in [9.17, 15) is 26.4 Å². The van der Waals surface area contributed by atoms with Gasteiger partial charge in [-0.25, -0.2) is 13.4 Å². The van der Waals surface area contributed by atoms with Crippen LogP contribution in [0.25, 0.3) is 5.82 Å². The van der Waals surface area contributed by atoms with Crippen molar-refractivity contribution < 1.29 is 26.4 Å². The van der Waals surface area contributed by atoms with Crippen LogP contribution in [0.2, 0.25) is 0 Å². The number of halogens is 3. The predicted octanol–water partition coefficient (Wildman–Crippen LogP) is 2.22. The van der Waals surface area contributed by atoms with E-state index in [0.29, 0.717) is 30.0 Å². The van der Waals surface area contributed by atoms with E-state index in [-0.39, 0.29) is 35.6 Å². The molecule has 0 bridgehead atoms. The first-order chi connectivity index (χ1) is 16.0. The first-order valence-electron chi connectivity index (χ1n) is 9.82. The van der Waals surface area contributed by atoms with Gasteiger partial charge in [0.25, 0.3) is 15.7 Å². The molecule has 3 N–H and O–H groups in total. The van der Waals surface area contributed by atoms with Gasteiger partial charge in [-0.15, -0.1) is 5.10 Å². The number of nitrogens with two attached hydrogens (primary N) is 1. The normalized spacial score (nSPS) is 13.9. The third-order valence-electron chi connectivity index (χ3n) is 5.05. The van der Waals surface area contributed by atoms with Crippen molar-refractivity contribution in [1.29, 1.82) is 5.26 Å². The summed E-state index contributed by atoms with van der Waals surface area (Å²) in [6.45, 7) is -0.236. The Kier molecular flexibility index (Phi) is 5.74. The fourth-order valence-corrected chi connectivity index (χ4v) is 4.03. The molecule has 4 rings (SSSR count). The van der Waals surface area contributed by atoms with E-state index in [1.807, 2.05) is 6.07 Å². The van der Waals surface area contributed by atoms with E-state index >= 15 is 0 Å². The van der Waals surface area contributed by atoms with Crippen molar-refractivity contribution in [1.82, 2.24) is 25.1 Å². The molecule has 2 aromatic heterocycles. The Morgan fingerprint density at radius 2 is 2.00 bits per heavy atom. The number of amides is 1. The Labute approximate surface area is 191 Å². The average Bonchev–Trinajstić information content (AvgIpc) is 3.58. The third kappa shape index (κ3) is 4.55. The Morgan fingerprint density at radius 1 is 1.26 bits per heavy atom. The second kappa shape index (κ2) is 8.41. The zero-order valence-electron chi connectivity index (χ0n) is 17.2. The molecule has 1 saturated carbocycles. The summed E-state index contributed by atoms with van der Waals surface area (Å²) < 4.78 is 64.4. The molecular weight excluding hydrogens is 475 g/mol. The first-order valence-corrected chi connectivity index (χ1v) is 11.3. The predicted molar refractivity (Wildman–Crippen MR) is 111 cm³/mol. The Balaban J connectivity index is 1.60. The maximum Gasteiger partial charge on any atom is 0.501 e. The summed E-state index contributed by atoms with van der Waals surface area (Å²) in [5.41, 5.74) is 0.585. The molecule has 1 aliphatic carbocycles. The largest absolute Gasteiger partial charge is 0.501 e. The number of rotatable bonds is 6. The zero-order chi connectivity index (χ0) is 24.7. The van der Waals surface area contributed by atoms with Crippen LogP contribution in [0.3, 0.4) is 0 Å². The first kappa shape index (κ1) is 23.2. The highest BCUT2D eigenvalue weighted by molar-refractivity contribution is 7.92. The van der Waals surface area contributed by atoms with Crippen LogP contribution < -0.4 is 11.1 Å². The Bertz CT molecular complexity index is 1410. The topological polar surface area (TPSA) is 157 Å². The van der Waals surface area contributed by atoms with Crippen LogP contribution >= 0.6 is 0 Å². The lowest BCUT2D eigenvalue weighted by atomic mass is 10.1. The highest BCUT2D eigenvalue weighted by Crippen LogP contribution is 2.42. The molecular formula is C20H16F3N7O3S. The van der Waals surface area contributed by atoms with Crippen LogP contribution in [-0.2, 0) is 16.4 Å². The van der Waals surface area contributed by atoms with Crippen LogP contribution in [0.15, 0.2) is 41.4 Å². The van der Waals surface area contributed by atoms with Crippen molar-refractivity contribution in [2.45, 2.75) is 35.7 Å². The van der Waals surface area contributed by atoms with Crippen LogP contribution in [-0.4, -0.2) is 39.6 Å². The van der Waals surface area contributed by atoms with Crippen molar-refractivity contribution in [3.63, 3.8) is 0 Å². The molecule has 10 nitrogen and oxygen atoms in total. The highest BCUT2D eigenvalue weighted by Gasteiger charge is 2.47. The maximum atomic E-state index is 13.1. The summed E-state index contributed by atoms with van der Waals surface area (Å²) in [7, 11) is -5.63. The van der Waals surface area contributed by atoms with Gasteiger partial charge in [-0.05, 0) is 54.7 Å².